The lowest BCUT2D eigenvalue weighted by Gasteiger charge is -2.49. The highest BCUT2D eigenvalue weighted by Crippen LogP contribution is 2.41. The van der Waals surface area contributed by atoms with E-state index in [0.29, 0.717) is 19.6 Å². The van der Waals surface area contributed by atoms with Gasteiger partial charge in [0.1, 0.15) is 29.5 Å². The smallest absolute Gasteiger partial charge is 0.311 e. The molecule has 4 rings (SSSR count). The molecule has 390 valence electrons. The number of cyclic esters (lactones) is 1. The topological polar surface area (TPSA) is 217 Å². The molecule has 0 bridgehead atoms. The summed E-state index contributed by atoms with van der Waals surface area (Å²) in [5.74, 6) is -4.10. The van der Waals surface area contributed by atoms with Gasteiger partial charge in [-0.05, 0) is 81.8 Å². The third kappa shape index (κ3) is 14.3. The molecule has 4 aliphatic rings. The fourth-order valence-corrected chi connectivity index (χ4v) is 10.5. The number of aliphatic hydroxyl groups excluding tert-OH is 2. The number of hydrogen-bond acceptors (Lipinski definition) is 18. The lowest BCUT2D eigenvalue weighted by Crippen LogP contribution is -2.61. The summed E-state index contributed by atoms with van der Waals surface area (Å²) >= 11 is 0. The SMILES string of the molecule is CC[C@H]1OC(=O)[C@H](C)[C@@H](O[C@H]2C[C@@](C)(OC)[C@@H](OC(=O)CCN3CCN(CCOC)CC3)[C@H](C)O2)[C@H](C)[C@@H](O[C@@H]2O[C@H](C)C[C@H](N(C)C)[C@H]2O)[C@](C)(OC)C[C@@H](C)C(=O)N[C@H](C)[C@@H](O)[C@]1(C)O. The third-order valence-corrected chi connectivity index (χ3v) is 15.1. The molecule has 0 radical (unpaired) electrons. The van der Waals surface area contributed by atoms with E-state index in [-0.39, 0.29) is 43.8 Å². The van der Waals surface area contributed by atoms with Crippen molar-refractivity contribution in [3.8, 4) is 0 Å². The predicted octanol–water partition coefficient (Wildman–Crippen LogP) is 1.94. The quantitative estimate of drug-likeness (QED) is 0.173. The maximum atomic E-state index is 14.6. The summed E-state index contributed by atoms with van der Waals surface area (Å²) in [7, 11) is 8.51. The second kappa shape index (κ2) is 24.8. The van der Waals surface area contributed by atoms with E-state index >= 15 is 0 Å². The molecule has 4 fully saturated rings. The summed E-state index contributed by atoms with van der Waals surface area (Å²) in [4.78, 5) is 48.4. The molecule has 67 heavy (non-hydrogen) atoms. The van der Waals surface area contributed by atoms with Crippen LogP contribution in [0.1, 0.15) is 101 Å². The number of hydrogen-bond donors (Lipinski definition) is 4. The molecule has 4 N–H and O–H groups in total. The molecule has 0 unspecified atom stereocenters. The van der Waals surface area contributed by atoms with Gasteiger partial charge in [0.05, 0.1) is 55.0 Å². The monoisotopic (exact) mass is 961 g/mol. The molecular weight excluding hydrogens is 873 g/mol. The first-order valence-electron chi connectivity index (χ1n) is 24.5. The minimum Gasteiger partial charge on any atom is -0.459 e. The number of likely N-dealkylation sites (N-methyl/N-ethyl adjacent to an activating group) is 1. The van der Waals surface area contributed by atoms with Crippen LogP contribution in [0.3, 0.4) is 0 Å². The van der Waals surface area contributed by atoms with Gasteiger partial charge in [-0.15, -0.1) is 0 Å². The van der Waals surface area contributed by atoms with Crippen LogP contribution in [-0.4, -0.2) is 219 Å². The van der Waals surface area contributed by atoms with Crippen LogP contribution in [0.5, 0.6) is 0 Å². The molecule has 0 saturated carbocycles. The first-order valence-corrected chi connectivity index (χ1v) is 24.5. The number of nitrogens with one attached hydrogen (secondary N) is 1. The Morgan fingerprint density at radius 3 is 2.03 bits per heavy atom. The molecule has 19 heteroatoms. The standard InChI is InChI=1S/C48H88N4O15/c1-16-35-48(10,58)40(55)32(6)49-43(56)28(2)26-46(8,60-14)41(67-45-38(54)34(50(11)12)25-29(3)62-45)30(4)39(31(5)44(57)64-35)66-37-27-47(9,61-15)42(33(7)63-37)65-36(53)17-18-51-19-21-52(22-20-51)23-24-59-13/h28-35,37-42,45,54-55,58H,16-27H2,1-15H3,(H,49,56)/t28-,29-,30+,31-,32-,33+,34+,35-,37+,38-,39+,40-,41-,42+,45+,46-,47-,48-/m1/s1. The van der Waals surface area contributed by atoms with Crippen LogP contribution in [0, 0.1) is 17.8 Å². The Morgan fingerprint density at radius 2 is 1.46 bits per heavy atom. The molecule has 18 atom stereocenters. The van der Waals surface area contributed by atoms with Crippen LogP contribution in [-0.2, 0) is 57.0 Å². The van der Waals surface area contributed by atoms with Crippen molar-refractivity contribution in [3.05, 3.63) is 0 Å². The van der Waals surface area contributed by atoms with Crippen LogP contribution in [0.25, 0.3) is 0 Å². The summed E-state index contributed by atoms with van der Waals surface area (Å²) in [6.07, 6.45) is -8.84. The minimum atomic E-state index is -1.98. The van der Waals surface area contributed by atoms with Crippen molar-refractivity contribution >= 4 is 17.8 Å². The first-order chi connectivity index (χ1) is 31.4. The van der Waals surface area contributed by atoms with Gasteiger partial charge in [0.25, 0.3) is 0 Å². The van der Waals surface area contributed by atoms with Crippen molar-refractivity contribution in [2.24, 2.45) is 17.8 Å². The van der Waals surface area contributed by atoms with Gasteiger partial charge in [-0.3, -0.25) is 19.3 Å². The van der Waals surface area contributed by atoms with E-state index in [4.69, 9.17) is 42.6 Å². The highest BCUT2D eigenvalue weighted by atomic mass is 16.7. The van der Waals surface area contributed by atoms with E-state index in [1.54, 1.807) is 55.8 Å². The molecule has 4 saturated heterocycles. The van der Waals surface area contributed by atoms with Gasteiger partial charge in [-0.2, -0.15) is 0 Å². The van der Waals surface area contributed by atoms with Crippen LogP contribution >= 0.6 is 0 Å². The Hall–Kier alpha value is -2.11. The molecular formula is C48H88N4O15. The van der Waals surface area contributed by atoms with E-state index in [9.17, 15) is 29.7 Å². The third-order valence-electron chi connectivity index (χ3n) is 15.1. The van der Waals surface area contributed by atoms with Crippen LogP contribution < -0.4 is 5.32 Å². The Balaban J connectivity index is 1.70. The Bertz CT molecular complexity index is 1570. The van der Waals surface area contributed by atoms with Gasteiger partial charge in [0.15, 0.2) is 18.7 Å². The number of carbonyl (C=O) groups excluding carboxylic acids is 3. The van der Waals surface area contributed by atoms with Gasteiger partial charge in [0.2, 0.25) is 5.91 Å². The van der Waals surface area contributed by atoms with Crippen LogP contribution in [0.2, 0.25) is 0 Å². The number of carbonyl (C=O) groups is 3. The molecule has 4 heterocycles. The Labute approximate surface area is 400 Å². The maximum absolute atomic E-state index is 14.6. The van der Waals surface area contributed by atoms with Crippen LogP contribution in [0.15, 0.2) is 0 Å². The van der Waals surface area contributed by atoms with Crippen molar-refractivity contribution < 1.29 is 72.3 Å². The second-order valence-electron chi connectivity index (χ2n) is 20.6. The molecule has 0 aliphatic carbocycles. The van der Waals surface area contributed by atoms with Crippen LogP contribution in [0.4, 0.5) is 0 Å². The molecule has 1 amide bonds. The number of methoxy groups -OCH3 is 3. The fraction of sp³-hybridized carbons (Fsp3) is 0.938. The average molecular weight is 961 g/mol. The summed E-state index contributed by atoms with van der Waals surface area (Å²) in [5, 5.41) is 37.9. The molecule has 0 aromatic carbocycles. The van der Waals surface area contributed by atoms with Gasteiger partial charge < -0.3 is 73.1 Å². The van der Waals surface area contributed by atoms with Crippen molar-refractivity contribution in [2.75, 3.05) is 81.3 Å². The summed E-state index contributed by atoms with van der Waals surface area (Å²) in [6, 6.07) is -1.26. The zero-order chi connectivity index (χ0) is 50.2. The number of amides is 1. The van der Waals surface area contributed by atoms with Crippen molar-refractivity contribution in [1.82, 2.24) is 20.0 Å². The highest BCUT2D eigenvalue weighted by molar-refractivity contribution is 5.78. The zero-order valence-electron chi connectivity index (χ0n) is 43.2. The normalized spacial score (nSPS) is 42.6. The van der Waals surface area contributed by atoms with Gasteiger partial charge in [-0.25, -0.2) is 0 Å². The van der Waals surface area contributed by atoms with Gasteiger partial charge in [-0.1, -0.05) is 20.8 Å². The number of nitrogens with zero attached hydrogens (tertiary/aromatic N) is 3. The molecule has 0 aromatic rings. The lowest BCUT2D eigenvalue weighted by molar-refractivity contribution is -0.320. The van der Waals surface area contributed by atoms with E-state index < -0.39 is 108 Å². The summed E-state index contributed by atoms with van der Waals surface area (Å²) in [5.41, 5.74) is -4.36. The maximum Gasteiger partial charge on any atom is 0.311 e. The predicted molar refractivity (Wildman–Crippen MR) is 248 cm³/mol. The summed E-state index contributed by atoms with van der Waals surface area (Å²) < 4.78 is 56.6. The number of ether oxygens (including phenoxy) is 9. The lowest BCUT2D eigenvalue weighted by atomic mass is 9.77. The molecule has 19 nitrogen and oxygen atoms in total. The fourth-order valence-electron chi connectivity index (χ4n) is 10.5. The minimum absolute atomic E-state index is 0.0819. The highest BCUT2D eigenvalue weighted by Gasteiger charge is 2.54. The summed E-state index contributed by atoms with van der Waals surface area (Å²) in [6.45, 7) is 22.8. The van der Waals surface area contributed by atoms with Crippen molar-refractivity contribution in [2.45, 2.75) is 192 Å². The van der Waals surface area contributed by atoms with E-state index in [1.807, 2.05) is 39.8 Å². The average Bonchev–Trinajstić information content (AvgIpc) is 3.28. The van der Waals surface area contributed by atoms with Crippen molar-refractivity contribution in [1.29, 1.82) is 0 Å². The van der Waals surface area contributed by atoms with E-state index in [2.05, 4.69) is 15.1 Å². The molecule has 0 aromatic heterocycles. The largest absolute Gasteiger partial charge is 0.459 e. The first kappa shape index (κ1) is 57.5. The number of piperazine rings is 1. The van der Waals surface area contributed by atoms with Gasteiger partial charge in [0, 0.05) is 84.9 Å². The van der Waals surface area contributed by atoms with E-state index in [0.717, 1.165) is 32.7 Å². The number of aliphatic hydroxyl groups is 3. The molecule has 4 aliphatic heterocycles. The molecule has 0 spiro atoms. The Morgan fingerprint density at radius 1 is 0.866 bits per heavy atom. The second-order valence-corrected chi connectivity index (χ2v) is 20.6. The van der Waals surface area contributed by atoms with E-state index in [1.165, 1.54) is 14.0 Å². The van der Waals surface area contributed by atoms with Crippen molar-refractivity contribution in [3.63, 3.8) is 0 Å². The Kier molecular flexibility index (Phi) is 21.3. The zero-order valence-corrected chi connectivity index (χ0v) is 43.2. The number of esters is 2. The van der Waals surface area contributed by atoms with Gasteiger partial charge >= 0.3 is 11.9 Å². The number of rotatable bonds is 15.